The Labute approximate surface area is 179 Å². The van der Waals surface area contributed by atoms with E-state index in [0.29, 0.717) is 17.7 Å². The van der Waals surface area contributed by atoms with Crippen LogP contribution in [0.2, 0.25) is 0 Å². The molecule has 1 aliphatic rings. The first-order valence-electron chi connectivity index (χ1n) is 9.68. The van der Waals surface area contributed by atoms with Gasteiger partial charge in [-0.15, -0.1) is 0 Å². The molecule has 11 heteroatoms. The third-order valence-electron chi connectivity index (χ3n) is 4.30. The summed E-state index contributed by atoms with van der Waals surface area (Å²) in [6, 6.07) is 5.90. The molecule has 31 heavy (non-hydrogen) atoms. The second-order valence-electron chi connectivity index (χ2n) is 7.14. The number of amidine groups is 1. The highest BCUT2D eigenvalue weighted by Gasteiger charge is 2.27. The van der Waals surface area contributed by atoms with Gasteiger partial charge in [0.05, 0.1) is 25.3 Å². The van der Waals surface area contributed by atoms with Crippen LogP contribution in [0, 0.1) is 5.41 Å². The van der Waals surface area contributed by atoms with E-state index in [2.05, 4.69) is 20.5 Å². The summed E-state index contributed by atoms with van der Waals surface area (Å²) in [6.07, 6.45) is -1.17. The summed E-state index contributed by atoms with van der Waals surface area (Å²) in [5, 5.41) is 16.4. The van der Waals surface area contributed by atoms with Crippen LogP contribution in [0.3, 0.4) is 0 Å². The minimum absolute atomic E-state index is 0.0167. The number of ether oxygens (including phenoxy) is 2. The molecule has 0 fully saturated rings. The number of benzene rings is 1. The number of rotatable bonds is 9. The van der Waals surface area contributed by atoms with Crippen molar-refractivity contribution in [2.75, 3.05) is 13.7 Å². The molecule has 1 aromatic rings. The number of nitrogens with zero attached hydrogens (tertiary/aromatic N) is 1. The van der Waals surface area contributed by atoms with Gasteiger partial charge in [-0.25, -0.2) is 9.59 Å². The van der Waals surface area contributed by atoms with Crippen LogP contribution in [-0.4, -0.2) is 61.4 Å². The van der Waals surface area contributed by atoms with Crippen molar-refractivity contribution in [1.29, 1.82) is 5.41 Å². The molecular formula is C20H27N5O6. The SMILES string of the molecule is COC(=O)[C@H](CNC(=O)CC1CC(c2ccc(C(=N)N)cc2)=NO1)NC(=O)OC(C)C. The maximum absolute atomic E-state index is 12.3. The fraction of sp³-hybridized carbons (Fsp3) is 0.450. The van der Waals surface area contributed by atoms with Crippen LogP contribution in [-0.2, 0) is 23.9 Å². The standard InChI is InChI=1S/C20H27N5O6/c1-11(2)30-20(28)24-16(19(27)29-3)10-23-17(26)9-14-8-15(25-31-14)12-4-6-13(7-5-12)18(21)22/h4-7,11,14,16H,8-10H2,1-3H3,(H3,21,22)(H,23,26)(H,24,28)/t14?,16-/m0/s1. The number of oxime groups is 1. The number of esters is 1. The highest BCUT2D eigenvalue weighted by molar-refractivity contribution is 6.02. The number of nitrogen functional groups attached to an aromatic ring is 1. The molecule has 1 aliphatic heterocycles. The Bertz CT molecular complexity index is 852. The van der Waals surface area contributed by atoms with Crippen LogP contribution < -0.4 is 16.4 Å². The van der Waals surface area contributed by atoms with E-state index in [-0.39, 0.29) is 30.8 Å². The third-order valence-corrected chi connectivity index (χ3v) is 4.30. The molecule has 1 heterocycles. The Morgan fingerprint density at radius 2 is 1.97 bits per heavy atom. The topological polar surface area (TPSA) is 165 Å². The number of carbonyl (C=O) groups excluding carboxylic acids is 3. The molecule has 0 saturated heterocycles. The highest BCUT2D eigenvalue weighted by Crippen LogP contribution is 2.19. The van der Waals surface area contributed by atoms with Crippen molar-refractivity contribution < 1.29 is 28.7 Å². The predicted molar refractivity (Wildman–Crippen MR) is 112 cm³/mol. The van der Waals surface area contributed by atoms with Crippen LogP contribution in [0.5, 0.6) is 0 Å². The molecule has 0 aromatic heterocycles. The number of nitrogens with two attached hydrogens (primary N) is 1. The minimum atomic E-state index is -1.09. The van der Waals surface area contributed by atoms with E-state index in [1.54, 1.807) is 38.1 Å². The lowest BCUT2D eigenvalue weighted by Crippen LogP contribution is -2.49. The fourth-order valence-corrected chi connectivity index (χ4v) is 2.77. The molecule has 0 bridgehead atoms. The summed E-state index contributed by atoms with van der Waals surface area (Å²) in [7, 11) is 1.18. The molecule has 0 radical (unpaired) electrons. The summed E-state index contributed by atoms with van der Waals surface area (Å²) in [5.74, 6) is -1.11. The van der Waals surface area contributed by atoms with Crippen molar-refractivity contribution in [2.45, 2.75) is 44.9 Å². The Morgan fingerprint density at radius 3 is 2.55 bits per heavy atom. The van der Waals surface area contributed by atoms with Gasteiger partial charge in [0.15, 0.2) is 0 Å². The van der Waals surface area contributed by atoms with E-state index < -0.39 is 24.2 Å². The van der Waals surface area contributed by atoms with Crippen molar-refractivity contribution >= 4 is 29.5 Å². The van der Waals surface area contributed by atoms with E-state index in [0.717, 1.165) is 5.56 Å². The second kappa shape index (κ2) is 11.0. The van der Waals surface area contributed by atoms with Crippen molar-refractivity contribution in [2.24, 2.45) is 10.9 Å². The molecule has 168 valence electrons. The van der Waals surface area contributed by atoms with Gasteiger partial charge in [0.1, 0.15) is 18.0 Å². The van der Waals surface area contributed by atoms with Gasteiger partial charge in [-0.3, -0.25) is 10.2 Å². The fourth-order valence-electron chi connectivity index (χ4n) is 2.77. The maximum Gasteiger partial charge on any atom is 0.408 e. The molecule has 2 amide bonds. The van der Waals surface area contributed by atoms with Gasteiger partial charge >= 0.3 is 12.1 Å². The zero-order chi connectivity index (χ0) is 23.0. The first-order chi connectivity index (χ1) is 14.7. The molecule has 0 aliphatic carbocycles. The van der Waals surface area contributed by atoms with Crippen molar-refractivity contribution in [3.63, 3.8) is 0 Å². The Balaban J connectivity index is 1.83. The molecular weight excluding hydrogens is 406 g/mol. The predicted octanol–water partition coefficient (Wildman–Crippen LogP) is 0.646. The number of carbonyl (C=O) groups is 3. The van der Waals surface area contributed by atoms with E-state index in [1.807, 2.05) is 0 Å². The zero-order valence-electron chi connectivity index (χ0n) is 17.6. The summed E-state index contributed by atoms with van der Waals surface area (Å²) < 4.78 is 9.59. The van der Waals surface area contributed by atoms with Gasteiger partial charge in [0.2, 0.25) is 5.91 Å². The molecule has 0 saturated carbocycles. The lowest BCUT2D eigenvalue weighted by Gasteiger charge is -2.18. The number of alkyl carbamates (subject to hydrolysis) is 1. The lowest BCUT2D eigenvalue weighted by atomic mass is 10.0. The molecule has 2 atom stereocenters. The Kier molecular flexibility index (Phi) is 8.35. The second-order valence-corrected chi connectivity index (χ2v) is 7.14. The van der Waals surface area contributed by atoms with Crippen LogP contribution in [0.25, 0.3) is 0 Å². The molecule has 1 unspecified atom stereocenters. The van der Waals surface area contributed by atoms with Crippen molar-refractivity contribution in [1.82, 2.24) is 10.6 Å². The van der Waals surface area contributed by atoms with Crippen LogP contribution in [0.4, 0.5) is 4.79 Å². The first kappa shape index (κ1) is 23.6. The smallest absolute Gasteiger partial charge is 0.408 e. The third kappa shape index (κ3) is 7.28. The normalized spacial score (nSPS) is 16.0. The van der Waals surface area contributed by atoms with Gasteiger partial charge in [-0.05, 0) is 19.4 Å². The zero-order valence-corrected chi connectivity index (χ0v) is 17.6. The van der Waals surface area contributed by atoms with E-state index in [1.165, 1.54) is 7.11 Å². The largest absolute Gasteiger partial charge is 0.467 e. The number of amides is 2. The molecule has 5 N–H and O–H groups in total. The quantitative estimate of drug-likeness (QED) is 0.252. The molecule has 11 nitrogen and oxygen atoms in total. The monoisotopic (exact) mass is 433 g/mol. The number of methoxy groups -OCH3 is 1. The van der Waals surface area contributed by atoms with Gasteiger partial charge in [-0.1, -0.05) is 29.4 Å². The van der Waals surface area contributed by atoms with E-state index in [4.69, 9.17) is 20.7 Å². The highest BCUT2D eigenvalue weighted by atomic mass is 16.6. The molecule has 0 spiro atoms. The van der Waals surface area contributed by atoms with Gasteiger partial charge in [-0.2, -0.15) is 0 Å². The number of nitrogens with one attached hydrogen (secondary N) is 3. The maximum atomic E-state index is 12.3. The van der Waals surface area contributed by atoms with Crippen LogP contribution in [0.15, 0.2) is 29.4 Å². The molecule has 1 aromatic carbocycles. The van der Waals surface area contributed by atoms with Crippen LogP contribution in [0.1, 0.15) is 37.8 Å². The lowest BCUT2D eigenvalue weighted by molar-refractivity contribution is -0.143. The van der Waals surface area contributed by atoms with E-state index >= 15 is 0 Å². The summed E-state index contributed by atoms with van der Waals surface area (Å²) in [6.45, 7) is 3.18. The molecule has 2 rings (SSSR count). The van der Waals surface area contributed by atoms with Crippen molar-refractivity contribution in [3.05, 3.63) is 35.4 Å². The van der Waals surface area contributed by atoms with Crippen molar-refractivity contribution in [3.8, 4) is 0 Å². The van der Waals surface area contributed by atoms with Gasteiger partial charge in [0, 0.05) is 18.5 Å². The Morgan fingerprint density at radius 1 is 1.29 bits per heavy atom. The number of hydrogen-bond acceptors (Lipinski definition) is 8. The van der Waals surface area contributed by atoms with Crippen LogP contribution >= 0.6 is 0 Å². The summed E-state index contributed by atoms with van der Waals surface area (Å²) >= 11 is 0. The Hall–Kier alpha value is -3.63. The average molecular weight is 433 g/mol. The summed E-state index contributed by atoms with van der Waals surface area (Å²) in [4.78, 5) is 41.2. The van der Waals surface area contributed by atoms with Gasteiger partial charge < -0.3 is 30.7 Å². The first-order valence-corrected chi connectivity index (χ1v) is 9.68. The van der Waals surface area contributed by atoms with Gasteiger partial charge in [0.25, 0.3) is 0 Å². The number of hydrogen-bond donors (Lipinski definition) is 4. The minimum Gasteiger partial charge on any atom is -0.467 e. The average Bonchev–Trinajstić information content (AvgIpc) is 3.18. The van der Waals surface area contributed by atoms with E-state index in [9.17, 15) is 14.4 Å². The summed E-state index contributed by atoms with van der Waals surface area (Å²) in [5.41, 5.74) is 7.54.